The highest BCUT2D eigenvalue weighted by Gasteiger charge is 2.15. The lowest BCUT2D eigenvalue weighted by molar-refractivity contribution is -0.120. The molecule has 0 radical (unpaired) electrons. The van der Waals surface area contributed by atoms with Crippen molar-refractivity contribution in [1.82, 2.24) is 5.32 Å². The lowest BCUT2D eigenvalue weighted by Gasteiger charge is -2.09. The van der Waals surface area contributed by atoms with Crippen molar-refractivity contribution in [3.8, 4) is 5.75 Å². The van der Waals surface area contributed by atoms with Crippen molar-refractivity contribution in [2.45, 2.75) is 10.6 Å². The number of hydrogen-bond acceptors (Lipinski definition) is 5. The minimum atomic E-state index is -3.58. The summed E-state index contributed by atoms with van der Waals surface area (Å²) in [5.74, 6) is 0.499. The van der Waals surface area contributed by atoms with Gasteiger partial charge in [-0.05, 0) is 47.3 Å². The number of ether oxygens (including phenoxy) is 1. The van der Waals surface area contributed by atoms with Gasteiger partial charge in [0, 0.05) is 10.7 Å². The molecule has 0 saturated heterocycles. The van der Waals surface area contributed by atoms with Crippen LogP contribution in [0.1, 0.15) is 5.56 Å². The average molecular weight is 451 g/mol. The van der Waals surface area contributed by atoms with E-state index >= 15 is 0 Å². The van der Waals surface area contributed by atoms with E-state index < -0.39 is 10.0 Å². The first kappa shape index (κ1) is 21.2. The fourth-order valence-electron chi connectivity index (χ4n) is 2.48. The van der Waals surface area contributed by atoms with Crippen LogP contribution in [0.5, 0.6) is 5.75 Å². The molecule has 9 heteroatoms. The number of nitrogens with one attached hydrogen (secondary N) is 2. The Balaban J connectivity index is 1.44. The molecule has 1 aromatic heterocycles. The predicted molar refractivity (Wildman–Crippen MR) is 115 cm³/mol. The molecule has 29 heavy (non-hydrogen) atoms. The summed E-state index contributed by atoms with van der Waals surface area (Å²) in [6, 6.07) is 17.0. The highest BCUT2D eigenvalue weighted by molar-refractivity contribution is 7.94. The average Bonchev–Trinajstić information content (AvgIpc) is 3.23. The first-order valence-electron chi connectivity index (χ1n) is 8.73. The SMILES string of the molecule is O=C(Cc1ccc(NS(=O)(=O)c2cccs2)cc1)NCCOc1cccc(Cl)c1. The minimum Gasteiger partial charge on any atom is -0.492 e. The van der Waals surface area contributed by atoms with E-state index in [1.54, 1.807) is 66.0 Å². The largest absolute Gasteiger partial charge is 0.492 e. The number of carbonyl (C=O) groups is 1. The van der Waals surface area contributed by atoms with Crippen LogP contribution in [-0.2, 0) is 21.2 Å². The molecular formula is C20H19ClN2O4S2. The Kier molecular flexibility index (Phi) is 7.13. The number of thiophene rings is 1. The van der Waals surface area contributed by atoms with Gasteiger partial charge in [-0.2, -0.15) is 0 Å². The molecule has 0 fully saturated rings. The Bertz CT molecular complexity index is 1050. The van der Waals surface area contributed by atoms with E-state index in [9.17, 15) is 13.2 Å². The van der Waals surface area contributed by atoms with Gasteiger partial charge < -0.3 is 10.1 Å². The van der Waals surface area contributed by atoms with Crippen LogP contribution in [0.2, 0.25) is 5.02 Å². The van der Waals surface area contributed by atoms with Crippen molar-refractivity contribution < 1.29 is 17.9 Å². The number of amides is 1. The zero-order valence-corrected chi connectivity index (χ0v) is 17.7. The van der Waals surface area contributed by atoms with Crippen molar-refractivity contribution in [1.29, 1.82) is 0 Å². The quantitative estimate of drug-likeness (QED) is 0.483. The molecule has 0 aliphatic heterocycles. The van der Waals surface area contributed by atoms with Crippen LogP contribution in [-0.4, -0.2) is 27.5 Å². The number of rotatable bonds is 9. The molecule has 0 aliphatic carbocycles. The molecule has 2 N–H and O–H groups in total. The molecule has 1 heterocycles. The Morgan fingerprint density at radius 3 is 2.55 bits per heavy atom. The van der Waals surface area contributed by atoms with Crippen molar-refractivity contribution in [2.24, 2.45) is 0 Å². The fourth-order valence-corrected chi connectivity index (χ4v) is 4.71. The molecule has 0 spiro atoms. The lowest BCUT2D eigenvalue weighted by Crippen LogP contribution is -2.29. The van der Waals surface area contributed by atoms with E-state index in [1.807, 2.05) is 0 Å². The Labute approximate surface area is 178 Å². The molecule has 0 saturated carbocycles. The molecule has 0 bridgehead atoms. The van der Waals surface area contributed by atoms with E-state index in [2.05, 4.69) is 10.0 Å². The molecule has 0 atom stereocenters. The number of anilines is 1. The summed E-state index contributed by atoms with van der Waals surface area (Å²) in [5, 5.41) is 5.08. The maximum Gasteiger partial charge on any atom is 0.271 e. The second-order valence-corrected chi connectivity index (χ2v) is 9.36. The Hall–Kier alpha value is -2.55. The number of sulfonamides is 1. The van der Waals surface area contributed by atoms with Gasteiger partial charge in [-0.15, -0.1) is 11.3 Å². The topological polar surface area (TPSA) is 84.5 Å². The molecule has 3 aromatic rings. The Morgan fingerprint density at radius 1 is 1.07 bits per heavy atom. The van der Waals surface area contributed by atoms with E-state index in [0.29, 0.717) is 29.6 Å². The van der Waals surface area contributed by atoms with Gasteiger partial charge in [0.1, 0.15) is 16.6 Å². The smallest absolute Gasteiger partial charge is 0.271 e. The van der Waals surface area contributed by atoms with Gasteiger partial charge in [0.2, 0.25) is 5.91 Å². The van der Waals surface area contributed by atoms with E-state index in [-0.39, 0.29) is 16.5 Å². The summed E-state index contributed by atoms with van der Waals surface area (Å²) in [6.45, 7) is 0.694. The van der Waals surface area contributed by atoms with Gasteiger partial charge in [0.25, 0.3) is 10.0 Å². The zero-order chi connectivity index (χ0) is 20.7. The van der Waals surface area contributed by atoms with Crippen LogP contribution in [0.4, 0.5) is 5.69 Å². The third-order valence-corrected chi connectivity index (χ3v) is 6.83. The number of benzene rings is 2. The van der Waals surface area contributed by atoms with E-state index in [1.165, 1.54) is 0 Å². The number of carbonyl (C=O) groups excluding carboxylic acids is 1. The van der Waals surface area contributed by atoms with E-state index in [0.717, 1.165) is 16.9 Å². The zero-order valence-electron chi connectivity index (χ0n) is 15.3. The summed E-state index contributed by atoms with van der Waals surface area (Å²) in [4.78, 5) is 12.0. The molecule has 3 rings (SSSR count). The maximum absolute atomic E-state index is 12.2. The molecule has 1 amide bonds. The monoisotopic (exact) mass is 450 g/mol. The molecular weight excluding hydrogens is 432 g/mol. The van der Waals surface area contributed by atoms with Crippen LogP contribution >= 0.6 is 22.9 Å². The van der Waals surface area contributed by atoms with Gasteiger partial charge >= 0.3 is 0 Å². The third-order valence-electron chi connectivity index (χ3n) is 3.82. The third kappa shape index (κ3) is 6.49. The number of halogens is 1. The summed E-state index contributed by atoms with van der Waals surface area (Å²) in [6.07, 6.45) is 0.190. The lowest BCUT2D eigenvalue weighted by atomic mass is 10.1. The number of hydrogen-bond donors (Lipinski definition) is 2. The maximum atomic E-state index is 12.2. The Morgan fingerprint density at radius 2 is 1.86 bits per heavy atom. The molecule has 6 nitrogen and oxygen atoms in total. The van der Waals surface area contributed by atoms with Crippen molar-refractivity contribution in [3.63, 3.8) is 0 Å². The molecule has 152 valence electrons. The highest BCUT2D eigenvalue weighted by atomic mass is 35.5. The summed E-state index contributed by atoms with van der Waals surface area (Å²) < 4.78 is 32.7. The van der Waals surface area contributed by atoms with Crippen molar-refractivity contribution in [2.75, 3.05) is 17.9 Å². The van der Waals surface area contributed by atoms with Gasteiger partial charge in [-0.3, -0.25) is 9.52 Å². The van der Waals surface area contributed by atoms with E-state index in [4.69, 9.17) is 16.3 Å². The first-order valence-corrected chi connectivity index (χ1v) is 11.5. The normalized spacial score (nSPS) is 11.1. The second-order valence-electron chi connectivity index (χ2n) is 6.07. The highest BCUT2D eigenvalue weighted by Crippen LogP contribution is 2.20. The minimum absolute atomic E-state index is 0.147. The molecule has 2 aromatic carbocycles. The summed E-state index contributed by atoms with van der Waals surface area (Å²) in [7, 11) is -3.58. The summed E-state index contributed by atoms with van der Waals surface area (Å²) in [5.41, 5.74) is 1.22. The van der Waals surface area contributed by atoms with Gasteiger partial charge in [0.15, 0.2) is 0 Å². The van der Waals surface area contributed by atoms with Crippen LogP contribution in [0.15, 0.2) is 70.3 Å². The van der Waals surface area contributed by atoms with Crippen LogP contribution in [0.3, 0.4) is 0 Å². The molecule has 0 aliphatic rings. The molecule has 0 unspecified atom stereocenters. The predicted octanol–water partition coefficient (Wildman–Crippen LogP) is 3.94. The second kappa shape index (κ2) is 9.78. The summed E-state index contributed by atoms with van der Waals surface area (Å²) >= 11 is 7.03. The fraction of sp³-hybridized carbons (Fsp3) is 0.150. The van der Waals surface area contributed by atoms with Crippen LogP contribution < -0.4 is 14.8 Å². The van der Waals surface area contributed by atoms with Crippen LogP contribution in [0, 0.1) is 0 Å². The standard InChI is InChI=1S/C20H19ClN2O4S2/c21-16-3-1-4-18(14-16)27-11-10-22-19(24)13-15-6-8-17(9-7-15)23-29(25,26)20-5-2-12-28-20/h1-9,12,14,23H,10-11,13H2,(H,22,24). The van der Waals surface area contributed by atoms with Crippen LogP contribution in [0.25, 0.3) is 0 Å². The van der Waals surface area contributed by atoms with Crippen molar-refractivity contribution >= 4 is 44.6 Å². The van der Waals surface area contributed by atoms with Gasteiger partial charge in [-0.1, -0.05) is 35.9 Å². The van der Waals surface area contributed by atoms with Crippen molar-refractivity contribution in [3.05, 3.63) is 76.6 Å². The van der Waals surface area contributed by atoms with Gasteiger partial charge in [-0.25, -0.2) is 8.42 Å². The van der Waals surface area contributed by atoms with Gasteiger partial charge in [0.05, 0.1) is 13.0 Å². The first-order chi connectivity index (χ1) is 13.9.